The molecule has 0 radical (unpaired) electrons. The number of carbonyl (C=O) groups is 1. The Morgan fingerprint density at radius 3 is 2.63 bits per heavy atom. The fourth-order valence-electron chi connectivity index (χ4n) is 2.63. The standard InChI is InChI=1S/C18H27N3O5S/c1-18(2,3)21(12-14-7-6-10-26-14)9-8-19-27(23,24)15-11-16(17(22)25-5)20(4)13-15/h6-7,10-11,13,19H,8-9,12H2,1-5H3. The average Bonchev–Trinajstić information content (AvgIpc) is 3.22. The van der Waals surface area contributed by atoms with Crippen LogP contribution in [0, 0.1) is 0 Å². The molecule has 0 aliphatic heterocycles. The van der Waals surface area contributed by atoms with E-state index >= 15 is 0 Å². The molecular formula is C18H27N3O5S. The summed E-state index contributed by atoms with van der Waals surface area (Å²) in [7, 11) is -0.891. The summed E-state index contributed by atoms with van der Waals surface area (Å²) in [6.07, 6.45) is 3.01. The third-order valence-corrected chi connectivity index (χ3v) is 5.66. The van der Waals surface area contributed by atoms with E-state index in [4.69, 9.17) is 4.42 Å². The molecule has 0 saturated carbocycles. The first-order valence-electron chi connectivity index (χ1n) is 8.56. The number of sulfonamides is 1. The van der Waals surface area contributed by atoms with Crippen LogP contribution < -0.4 is 4.72 Å². The molecule has 2 heterocycles. The molecule has 1 N–H and O–H groups in total. The van der Waals surface area contributed by atoms with Crippen molar-refractivity contribution in [3.05, 3.63) is 42.1 Å². The first-order valence-corrected chi connectivity index (χ1v) is 10.0. The van der Waals surface area contributed by atoms with Crippen molar-refractivity contribution in [2.24, 2.45) is 7.05 Å². The smallest absolute Gasteiger partial charge is 0.354 e. The zero-order valence-electron chi connectivity index (χ0n) is 16.4. The van der Waals surface area contributed by atoms with Gasteiger partial charge in [-0.2, -0.15) is 0 Å². The Labute approximate surface area is 160 Å². The summed E-state index contributed by atoms with van der Waals surface area (Å²) in [5, 5.41) is 0. The second-order valence-corrected chi connectivity index (χ2v) is 9.00. The van der Waals surface area contributed by atoms with Crippen LogP contribution in [0.15, 0.2) is 40.0 Å². The van der Waals surface area contributed by atoms with E-state index in [9.17, 15) is 13.2 Å². The molecule has 0 fully saturated rings. The minimum Gasteiger partial charge on any atom is -0.468 e. The Morgan fingerprint density at radius 1 is 1.37 bits per heavy atom. The highest BCUT2D eigenvalue weighted by Crippen LogP contribution is 2.18. The van der Waals surface area contributed by atoms with E-state index < -0.39 is 16.0 Å². The van der Waals surface area contributed by atoms with Crippen LogP contribution in [0.2, 0.25) is 0 Å². The SMILES string of the molecule is COC(=O)c1cc(S(=O)(=O)NCCN(Cc2ccco2)C(C)(C)C)cn1C. The van der Waals surface area contributed by atoms with Crippen molar-refractivity contribution in [1.82, 2.24) is 14.2 Å². The van der Waals surface area contributed by atoms with Crippen LogP contribution in [-0.2, 0) is 28.4 Å². The summed E-state index contributed by atoms with van der Waals surface area (Å²) in [4.78, 5) is 13.8. The molecule has 0 bridgehead atoms. The lowest BCUT2D eigenvalue weighted by Gasteiger charge is -2.35. The predicted octanol–water partition coefficient (Wildman–Crippen LogP) is 1.98. The van der Waals surface area contributed by atoms with Gasteiger partial charge >= 0.3 is 5.97 Å². The second-order valence-electron chi connectivity index (χ2n) is 7.23. The molecule has 0 amide bonds. The summed E-state index contributed by atoms with van der Waals surface area (Å²) in [6.45, 7) is 7.48. The predicted molar refractivity (Wildman–Crippen MR) is 101 cm³/mol. The number of aromatic nitrogens is 1. The van der Waals surface area contributed by atoms with Gasteiger partial charge in [-0.3, -0.25) is 4.90 Å². The number of rotatable bonds is 8. The van der Waals surface area contributed by atoms with E-state index in [0.717, 1.165) is 5.76 Å². The van der Waals surface area contributed by atoms with Crippen molar-refractivity contribution in [2.75, 3.05) is 20.2 Å². The molecule has 0 unspecified atom stereocenters. The van der Waals surface area contributed by atoms with E-state index in [2.05, 4.69) is 35.1 Å². The summed E-state index contributed by atoms with van der Waals surface area (Å²) < 4.78 is 39.2. The van der Waals surface area contributed by atoms with Gasteiger partial charge in [0.15, 0.2) is 0 Å². The quantitative estimate of drug-likeness (QED) is 0.685. The normalized spacial score (nSPS) is 12.5. The number of nitrogens with one attached hydrogen (secondary N) is 1. The molecule has 9 heteroatoms. The topological polar surface area (TPSA) is 93.8 Å². The average molecular weight is 397 g/mol. The minimum atomic E-state index is -3.74. The maximum absolute atomic E-state index is 12.5. The molecule has 2 rings (SSSR count). The largest absolute Gasteiger partial charge is 0.468 e. The number of carbonyl (C=O) groups excluding carboxylic acids is 1. The molecule has 0 spiro atoms. The van der Waals surface area contributed by atoms with Gasteiger partial charge < -0.3 is 13.7 Å². The van der Waals surface area contributed by atoms with Crippen LogP contribution in [0.4, 0.5) is 0 Å². The highest BCUT2D eigenvalue weighted by molar-refractivity contribution is 7.89. The molecular weight excluding hydrogens is 370 g/mol. The monoisotopic (exact) mass is 397 g/mol. The van der Waals surface area contributed by atoms with Gasteiger partial charge in [0.1, 0.15) is 16.3 Å². The first-order chi connectivity index (χ1) is 12.5. The molecule has 0 aliphatic carbocycles. The maximum Gasteiger partial charge on any atom is 0.354 e. The second kappa shape index (κ2) is 8.28. The lowest BCUT2D eigenvalue weighted by Crippen LogP contribution is -2.44. The number of nitrogens with zero attached hydrogens (tertiary/aromatic N) is 2. The van der Waals surface area contributed by atoms with Gasteiger partial charge in [-0.15, -0.1) is 0 Å². The van der Waals surface area contributed by atoms with Gasteiger partial charge in [0, 0.05) is 31.9 Å². The van der Waals surface area contributed by atoms with Crippen molar-refractivity contribution >= 4 is 16.0 Å². The Bertz CT molecular complexity index is 863. The highest BCUT2D eigenvalue weighted by Gasteiger charge is 2.24. The lowest BCUT2D eigenvalue weighted by atomic mass is 10.1. The van der Waals surface area contributed by atoms with Crippen LogP contribution in [0.3, 0.4) is 0 Å². The van der Waals surface area contributed by atoms with E-state index in [1.165, 1.54) is 23.9 Å². The first kappa shape index (κ1) is 21.2. The Kier molecular flexibility index (Phi) is 6.50. The maximum atomic E-state index is 12.5. The van der Waals surface area contributed by atoms with Crippen LogP contribution in [-0.4, -0.2) is 49.6 Å². The summed E-state index contributed by atoms with van der Waals surface area (Å²) >= 11 is 0. The molecule has 2 aromatic rings. The van der Waals surface area contributed by atoms with E-state index in [1.807, 2.05) is 12.1 Å². The van der Waals surface area contributed by atoms with E-state index in [0.29, 0.717) is 13.1 Å². The van der Waals surface area contributed by atoms with Gasteiger partial charge in [-0.05, 0) is 39.0 Å². The number of methoxy groups -OCH3 is 1. The number of aryl methyl sites for hydroxylation is 1. The van der Waals surface area contributed by atoms with Crippen molar-refractivity contribution < 1.29 is 22.4 Å². The van der Waals surface area contributed by atoms with Crippen molar-refractivity contribution in [3.63, 3.8) is 0 Å². The molecule has 27 heavy (non-hydrogen) atoms. The third kappa shape index (κ3) is 5.44. The summed E-state index contributed by atoms with van der Waals surface area (Å²) in [5.74, 6) is 0.231. The number of furan rings is 1. The Morgan fingerprint density at radius 2 is 2.07 bits per heavy atom. The number of ether oxygens (including phenoxy) is 1. The number of hydrogen-bond acceptors (Lipinski definition) is 6. The molecule has 150 valence electrons. The Hall–Kier alpha value is -2.10. The van der Waals surface area contributed by atoms with Crippen LogP contribution in [0.25, 0.3) is 0 Å². The van der Waals surface area contributed by atoms with Crippen LogP contribution >= 0.6 is 0 Å². The van der Waals surface area contributed by atoms with E-state index in [1.54, 1.807) is 13.3 Å². The van der Waals surface area contributed by atoms with Gasteiger partial charge in [-0.25, -0.2) is 17.9 Å². The van der Waals surface area contributed by atoms with Crippen molar-refractivity contribution in [3.8, 4) is 0 Å². The molecule has 0 aliphatic rings. The van der Waals surface area contributed by atoms with Gasteiger partial charge in [0.25, 0.3) is 0 Å². The number of esters is 1. The Balaban J connectivity index is 2.04. The van der Waals surface area contributed by atoms with Crippen LogP contribution in [0.5, 0.6) is 0 Å². The highest BCUT2D eigenvalue weighted by atomic mass is 32.2. The van der Waals surface area contributed by atoms with Crippen molar-refractivity contribution in [1.29, 1.82) is 0 Å². The zero-order chi connectivity index (χ0) is 20.2. The van der Waals surface area contributed by atoms with Crippen molar-refractivity contribution in [2.45, 2.75) is 37.8 Å². The zero-order valence-corrected chi connectivity index (χ0v) is 17.2. The summed E-state index contributed by atoms with van der Waals surface area (Å²) in [6, 6.07) is 5.02. The minimum absolute atomic E-state index is 0.0266. The third-order valence-electron chi connectivity index (χ3n) is 4.23. The van der Waals surface area contributed by atoms with Gasteiger partial charge in [0.05, 0.1) is 19.9 Å². The molecule has 0 saturated heterocycles. The van der Waals surface area contributed by atoms with Crippen LogP contribution in [0.1, 0.15) is 37.0 Å². The van der Waals surface area contributed by atoms with Gasteiger partial charge in [-0.1, -0.05) is 0 Å². The lowest BCUT2D eigenvalue weighted by molar-refractivity contribution is 0.0590. The summed E-state index contributed by atoms with van der Waals surface area (Å²) in [5.41, 5.74) is 0.00950. The fourth-order valence-corrected chi connectivity index (χ4v) is 3.72. The van der Waals surface area contributed by atoms with Gasteiger partial charge in [0.2, 0.25) is 10.0 Å². The molecule has 2 aromatic heterocycles. The number of hydrogen-bond donors (Lipinski definition) is 1. The molecule has 0 aromatic carbocycles. The fraction of sp³-hybridized carbons (Fsp3) is 0.500. The van der Waals surface area contributed by atoms with E-state index in [-0.39, 0.29) is 22.7 Å². The molecule has 0 atom stereocenters. The molecule has 8 nitrogen and oxygen atoms in total.